The van der Waals surface area contributed by atoms with Crippen LogP contribution in [0.3, 0.4) is 0 Å². The number of H-pyrrole nitrogens is 1. The van der Waals surface area contributed by atoms with Crippen LogP contribution in [0.1, 0.15) is 48.8 Å². The lowest BCUT2D eigenvalue weighted by molar-refractivity contribution is -0.135. The van der Waals surface area contributed by atoms with E-state index in [0.29, 0.717) is 24.6 Å². The molecule has 1 aliphatic rings. The third kappa shape index (κ3) is 4.22. The number of nitrogens with one attached hydrogen (secondary N) is 2. The van der Waals surface area contributed by atoms with Crippen molar-refractivity contribution in [2.45, 2.75) is 38.6 Å². The Morgan fingerprint density at radius 3 is 2.37 bits per heavy atom. The monoisotopic (exact) mass is 404 g/mol. The number of carbonyl (C=O) groups excluding carboxylic acids is 2. The van der Waals surface area contributed by atoms with Crippen LogP contribution in [0.15, 0.2) is 54.6 Å². The van der Waals surface area contributed by atoms with Gasteiger partial charge in [0, 0.05) is 24.6 Å². The topological polar surface area (TPSA) is 78.1 Å². The second kappa shape index (κ2) is 8.69. The molecular weight excluding hydrogens is 376 g/mol. The van der Waals surface area contributed by atoms with E-state index in [9.17, 15) is 9.59 Å². The average molecular weight is 405 g/mol. The molecule has 1 atom stereocenters. The Hall–Kier alpha value is -3.15. The zero-order valence-electron chi connectivity index (χ0n) is 17.5. The molecule has 0 bridgehead atoms. The molecule has 0 aliphatic carbocycles. The number of fused-ring (bicyclic) bond motifs is 1. The van der Waals surface area contributed by atoms with Gasteiger partial charge in [-0.3, -0.25) is 9.59 Å². The van der Waals surface area contributed by atoms with Gasteiger partial charge in [-0.1, -0.05) is 44.2 Å². The summed E-state index contributed by atoms with van der Waals surface area (Å²) in [5.74, 6) is 1.12. The zero-order chi connectivity index (χ0) is 21.1. The van der Waals surface area contributed by atoms with Crippen LogP contribution < -0.4 is 5.32 Å². The molecule has 0 saturated carbocycles. The van der Waals surface area contributed by atoms with E-state index in [1.54, 1.807) is 12.1 Å². The Balaban J connectivity index is 1.39. The van der Waals surface area contributed by atoms with Gasteiger partial charge < -0.3 is 15.2 Å². The summed E-state index contributed by atoms with van der Waals surface area (Å²) in [4.78, 5) is 35.8. The van der Waals surface area contributed by atoms with Crippen LogP contribution in [0.5, 0.6) is 0 Å². The van der Waals surface area contributed by atoms with E-state index < -0.39 is 6.04 Å². The van der Waals surface area contributed by atoms with E-state index in [2.05, 4.69) is 10.3 Å². The molecule has 0 radical (unpaired) electrons. The van der Waals surface area contributed by atoms with Crippen molar-refractivity contribution in [3.8, 4) is 0 Å². The molecule has 2 heterocycles. The van der Waals surface area contributed by atoms with Crippen LogP contribution in [-0.2, 0) is 4.79 Å². The molecule has 1 unspecified atom stereocenters. The third-order valence-corrected chi connectivity index (χ3v) is 5.86. The van der Waals surface area contributed by atoms with Crippen molar-refractivity contribution < 1.29 is 9.59 Å². The zero-order valence-corrected chi connectivity index (χ0v) is 17.5. The van der Waals surface area contributed by atoms with Crippen molar-refractivity contribution in [3.05, 3.63) is 66.0 Å². The van der Waals surface area contributed by atoms with Gasteiger partial charge in [0.05, 0.1) is 11.0 Å². The highest BCUT2D eigenvalue weighted by atomic mass is 16.2. The van der Waals surface area contributed by atoms with Gasteiger partial charge in [0.2, 0.25) is 5.91 Å². The molecule has 2 amide bonds. The highest BCUT2D eigenvalue weighted by Crippen LogP contribution is 2.28. The fourth-order valence-corrected chi connectivity index (χ4v) is 4.06. The van der Waals surface area contributed by atoms with E-state index >= 15 is 0 Å². The molecular formula is C24H28N4O2. The normalized spacial score (nSPS) is 16.0. The summed E-state index contributed by atoms with van der Waals surface area (Å²) in [6, 6.07) is 16.5. The van der Waals surface area contributed by atoms with E-state index in [1.807, 2.05) is 61.2 Å². The number of benzene rings is 2. The summed E-state index contributed by atoms with van der Waals surface area (Å²) in [5.41, 5.74) is 2.60. The average Bonchev–Trinajstić information content (AvgIpc) is 3.21. The van der Waals surface area contributed by atoms with Gasteiger partial charge in [-0.2, -0.15) is 0 Å². The summed E-state index contributed by atoms with van der Waals surface area (Å²) >= 11 is 0. The van der Waals surface area contributed by atoms with Crippen LogP contribution in [0.2, 0.25) is 0 Å². The minimum Gasteiger partial charge on any atom is -0.342 e. The number of piperidine rings is 1. The van der Waals surface area contributed by atoms with Crippen molar-refractivity contribution in [1.82, 2.24) is 20.2 Å². The fourth-order valence-electron chi connectivity index (χ4n) is 4.06. The molecule has 2 N–H and O–H groups in total. The Labute approximate surface area is 176 Å². The van der Waals surface area contributed by atoms with E-state index in [-0.39, 0.29) is 17.7 Å². The molecule has 1 fully saturated rings. The maximum Gasteiger partial charge on any atom is 0.251 e. The number of aromatic amines is 1. The van der Waals surface area contributed by atoms with Crippen LogP contribution in [0, 0.1) is 5.92 Å². The largest absolute Gasteiger partial charge is 0.342 e. The van der Waals surface area contributed by atoms with E-state index in [0.717, 1.165) is 29.7 Å². The van der Waals surface area contributed by atoms with Crippen LogP contribution in [0.4, 0.5) is 0 Å². The number of nitrogens with zero attached hydrogens (tertiary/aromatic N) is 2. The van der Waals surface area contributed by atoms with Crippen LogP contribution >= 0.6 is 0 Å². The molecule has 156 valence electrons. The molecule has 1 aliphatic heterocycles. The summed E-state index contributed by atoms with van der Waals surface area (Å²) < 4.78 is 0. The summed E-state index contributed by atoms with van der Waals surface area (Å²) in [7, 11) is 0. The molecule has 4 rings (SSSR count). The SMILES string of the molecule is CC(C)C(NC(=O)c1ccccc1)C(=O)N1CCC(c2nc3ccccc3[nH]2)CC1. The number of hydrogen-bond acceptors (Lipinski definition) is 3. The lowest BCUT2D eigenvalue weighted by Crippen LogP contribution is -2.52. The van der Waals surface area contributed by atoms with Crippen LogP contribution in [0.25, 0.3) is 11.0 Å². The smallest absolute Gasteiger partial charge is 0.251 e. The number of likely N-dealkylation sites (tertiary alicyclic amines) is 1. The summed E-state index contributed by atoms with van der Waals surface area (Å²) in [6.07, 6.45) is 1.73. The highest BCUT2D eigenvalue weighted by molar-refractivity contribution is 5.97. The summed E-state index contributed by atoms with van der Waals surface area (Å²) in [6.45, 7) is 5.28. The molecule has 6 heteroatoms. The molecule has 6 nitrogen and oxygen atoms in total. The van der Waals surface area contributed by atoms with E-state index in [4.69, 9.17) is 4.98 Å². The first-order chi connectivity index (χ1) is 14.5. The quantitative estimate of drug-likeness (QED) is 0.680. The predicted molar refractivity (Wildman–Crippen MR) is 117 cm³/mol. The number of imidazole rings is 1. The summed E-state index contributed by atoms with van der Waals surface area (Å²) in [5, 5.41) is 2.94. The second-order valence-electron chi connectivity index (χ2n) is 8.30. The second-order valence-corrected chi connectivity index (χ2v) is 8.30. The van der Waals surface area contributed by atoms with Crippen molar-refractivity contribution in [1.29, 1.82) is 0 Å². The van der Waals surface area contributed by atoms with Gasteiger partial charge >= 0.3 is 0 Å². The van der Waals surface area contributed by atoms with Crippen molar-refractivity contribution in [2.75, 3.05) is 13.1 Å². The van der Waals surface area contributed by atoms with Gasteiger partial charge in [-0.05, 0) is 43.0 Å². The maximum absolute atomic E-state index is 13.2. The first-order valence-electron chi connectivity index (χ1n) is 10.6. The number of carbonyl (C=O) groups is 2. The van der Waals surface area contributed by atoms with Gasteiger partial charge in [0.1, 0.15) is 11.9 Å². The molecule has 2 aromatic carbocycles. The van der Waals surface area contributed by atoms with Gasteiger partial charge in [0.25, 0.3) is 5.91 Å². The number of hydrogen-bond donors (Lipinski definition) is 2. The predicted octanol–water partition coefficient (Wildman–Crippen LogP) is 3.72. The Bertz CT molecular complexity index is 987. The Morgan fingerprint density at radius 1 is 1.03 bits per heavy atom. The van der Waals surface area contributed by atoms with Gasteiger partial charge in [0.15, 0.2) is 0 Å². The Kier molecular flexibility index (Phi) is 5.84. The molecule has 1 aromatic heterocycles. The standard InChI is InChI=1S/C24H28N4O2/c1-16(2)21(27-23(29)18-8-4-3-5-9-18)24(30)28-14-12-17(13-15-28)22-25-19-10-6-7-11-20(19)26-22/h3-11,16-17,21H,12-15H2,1-2H3,(H,25,26)(H,27,29). The number of aromatic nitrogens is 2. The molecule has 0 spiro atoms. The number of rotatable bonds is 5. The third-order valence-electron chi connectivity index (χ3n) is 5.86. The van der Waals surface area contributed by atoms with Crippen molar-refractivity contribution in [3.63, 3.8) is 0 Å². The van der Waals surface area contributed by atoms with Gasteiger partial charge in [-0.25, -0.2) is 4.98 Å². The Morgan fingerprint density at radius 2 is 1.70 bits per heavy atom. The molecule has 30 heavy (non-hydrogen) atoms. The van der Waals surface area contributed by atoms with Gasteiger partial charge in [-0.15, -0.1) is 0 Å². The first-order valence-corrected chi connectivity index (χ1v) is 10.6. The molecule has 3 aromatic rings. The van der Waals surface area contributed by atoms with Crippen LogP contribution in [-0.4, -0.2) is 45.8 Å². The van der Waals surface area contributed by atoms with E-state index in [1.165, 1.54) is 0 Å². The first kappa shape index (κ1) is 20.1. The number of para-hydroxylation sites is 2. The minimum absolute atomic E-state index is 0.00247. The number of amides is 2. The minimum atomic E-state index is -0.527. The lowest BCUT2D eigenvalue weighted by Gasteiger charge is -2.35. The maximum atomic E-state index is 13.2. The fraction of sp³-hybridized carbons (Fsp3) is 0.375. The van der Waals surface area contributed by atoms with Crippen molar-refractivity contribution in [2.24, 2.45) is 5.92 Å². The highest BCUT2D eigenvalue weighted by Gasteiger charge is 2.32. The molecule has 1 saturated heterocycles. The lowest BCUT2D eigenvalue weighted by atomic mass is 9.94. The van der Waals surface area contributed by atoms with Crippen molar-refractivity contribution >= 4 is 22.8 Å².